The molecule has 0 amide bonds. The second-order valence-corrected chi connectivity index (χ2v) is 9.06. The molecule has 2 aromatic carbocycles. The third-order valence-corrected chi connectivity index (χ3v) is 7.28. The summed E-state index contributed by atoms with van der Waals surface area (Å²) < 4.78 is 18.4. The molecule has 0 saturated heterocycles. The molecule has 2 aromatic rings. The van der Waals surface area contributed by atoms with Crippen LogP contribution in [-0.2, 0) is 33.7 Å². The Balaban J connectivity index is 1.70. The van der Waals surface area contributed by atoms with Crippen LogP contribution in [0.3, 0.4) is 0 Å². The third-order valence-electron chi connectivity index (χ3n) is 7.28. The average Bonchev–Trinajstić information content (AvgIpc) is 2.76. The smallest absolute Gasteiger partial charge is 0.147 e. The average molecular weight is 407 g/mol. The summed E-state index contributed by atoms with van der Waals surface area (Å²) in [6, 6.07) is 19.3. The van der Waals surface area contributed by atoms with E-state index in [0.717, 1.165) is 32.1 Å². The summed E-state index contributed by atoms with van der Waals surface area (Å²) >= 11 is 0. The van der Waals surface area contributed by atoms with Crippen molar-refractivity contribution in [3.8, 4) is 0 Å². The lowest BCUT2D eigenvalue weighted by atomic mass is 9.57. The molecule has 0 N–H and O–H groups in total. The van der Waals surface area contributed by atoms with Crippen LogP contribution in [0.1, 0.15) is 49.8 Å². The number of hydrogen-bond acceptors (Lipinski definition) is 3. The maximum absolute atomic E-state index is 6.61. The highest BCUT2D eigenvalue weighted by molar-refractivity contribution is 5.38. The van der Waals surface area contributed by atoms with E-state index >= 15 is 0 Å². The van der Waals surface area contributed by atoms with E-state index in [1.165, 1.54) is 27.8 Å². The number of ether oxygens (including phenoxy) is 3. The van der Waals surface area contributed by atoms with Crippen LogP contribution in [0.5, 0.6) is 0 Å². The van der Waals surface area contributed by atoms with Crippen molar-refractivity contribution in [3.63, 3.8) is 0 Å². The SMILES string of the molecule is COCO[C@]12CCC(C)=C(CCc3ccccc3C1)[C@]2(C)COCc1ccccc1. The fourth-order valence-electron chi connectivity index (χ4n) is 5.50. The molecule has 0 aliphatic heterocycles. The minimum Gasteiger partial charge on any atom is -0.376 e. The highest BCUT2D eigenvalue weighted by atomic mass is 16.7. The van der Waals surface area contributed by atoms with Gasteiger partial charge >= 0.3 is 0 Å². The molecule has 2 atom stereocenters. The monoisotopic (exact) mass is 406 g/mol. The maximum Gasteiger partial charge on any atom is 0.147 e. The minimum absolute atomic E-state index is 0.184. The van der Waals surface area contributed by atoms with Gasteiger partial charge < -0.3 is 14.2 Å². The lowest BCUT2D eigenvalue weighted by Crippen LogP contribution is -2.57. The van der Waals surface area contributed by atoms with Crippen molar-refractivity contribution in [1.29, 1.82) is 0 Å². The first-order valence-electron chi connectivity index (χ1n) is 11.1. The molecule has 2 bridgehead atoms. The van der Waals surface area contributed by atoms with Crippen LogP contribution in [-0.4, -0.2) is 26.1 Å². The van der Waals surface area contributed by atoms with E-state index in [1.807, 2.05) is 6.07 Å². The molecule has 0 radical (unpaired) electrons. The van der Waals surface area contributed by atoms with E-state index in [0.29, 0.717) is 20.0 Å². The van der Waals surface area contributed by atoms with Gasteiger partial charge in [0, 0.05) is 18.9 Å². The molecular formula is C27H34O3. The molecular weight excluding hydrogens is 372 g/mol. The Labute approximate surface area is 181 Å². The quantitative estimate of drug-likeness (QED) is 0.425. The van der Waals surface area contributed by atoms with Gasteiger partial charge in [-0.2, -0.15) is 0 Å². The van der Waals surface area contributed by atoms with Gasteiger partial charge in [0.1, 0.15) is 6.79 Å². The number of allylic oxidation sites excluding steroid dienone is 1. The highest BCUT2D eigenvalue weighted by Crippen LogP contribution is 2.54. The van der Waals surface area contributed by atoms with Crippen molar-refractivity contribution in [2.24, 2.45) is 5.41 Å². The van der Waals surface area contributed by atoms with E-state index < -0.39 is 0 Å². The van der Waals surface area contributed by atoms with Crippen LogP contribution in [0.2, 0.25) is 0 Å². The van der Waals surface area contributed by atoms with E-state index in [1.54, 1.807) is 7.11 Å². The van der Waals surface area contributed by atoms with Crippen molar-refractivity contribution >= 4 is 0 Å². The minimum atomic E-state index is -0.328. The first-order chi connectivity index (χ1) is 14.6. The fourth-order valence-corrected chi connectivity index (χ4v) is 5.50. The van der Waals surface area contributed by atoms with Crippen molar-refractivity contribution in [1.82, 2.24) is 0 Å². The van der Waals surface area contributed by atoms with Crippen molar-refractivity contribution < 1.29 is 14.2 Å². The zero-order valence-electron chi connectivity index (χ0n) is 18.6. The summed E-state index contributed by atoms with van der Waals surface area (Å²) in [6.45, 7) is 6.25. The molecule has 0 saturated carbocycles. The van der Waals surface area contributed by atoms with Crippen LogP contribution in [0.4, 0.5) is 0 Å². The Morgan fingerprint density at radius 3 is 2.40 bits per heavy atom. The first kappa shape index (κ1) is 21.3. The van der Waals surface area contributed by atoms with E-state index in [9.17, 15) is 0 Å². The van der Waals surface area contributed by atoms with Crippen LogP contribution in [0.15, 0.2) is 65.7 Å². The van der Waals surface area contributed by atoms with Crippen molar-refractivity contribution in [3.05, 3.63) is 82.4 Å². The van der Waals surface area contributed by atoms with Gasteiger partial charge in [-0.3, -0.25) is 0 Å². The van der Waals surface area contributed by atoms with Gasteiger partial charge in [-0.1, -0.05) is 72.7 Å². The predicted octanol–water partition coefficient (Wildman–Crippen LogP) is 5.87. The van der Waals surface area contributed by atoms with Crippen LogP contribution < -0.4 is 0 Å². The summed E-state index contributed by atoms with van der Waals surface area (Å²) in [6.07, 6.45) is 5.11. The van der Waals surface area contributed by atoms with Gasteiger partial charge in [0.2, 0.25) is 0 Å². The highest BCUT2D eigenvalue weighted by Gasteiger charge is 2.54. The van der Waals surface area contributed by atoms with Gasteiger partial charge in [0.15, 0.2) is 0 Å². The number of fused-ring (bicyclic) bond motifs is 3. The Hall–Kier alpha value is -1.94. The first-order valence-corrected chi connectivity index (χ1v) is 11.1. The molecule has 0 unspecified atom stereocenters. The lowest BCUT2D eigenvalue weighted by Gasteiger charge is -2.54. The fraction of sp³-hybridized carbons (Fsp3) is 0.481. The third kappa shape index (κ3) is 3.99. The molecule has 0 spiro atoms. The van der Waals surface area contributed by atoms with Crippen LogP contribution in [0.25, 0.3) is 0 Å². The predicted molar refractivity (Wildman–Crippen MR) is 120 cm³/mol. The Morgan fingerprint density at radius 2 is 1.63 bits per heavy atom. The molecule has 3 nitrogen and oxygen atoms in total. The molecule has 0 fully saturated rings. The molecule has 2 aliphatic carbocycles. The summed E-state index contributed by atoms with van der Waals surface area (Å²) in [4.78, 5) is 0. The summed E-state index contributed by atoms with van der Waals surface area (Å²) in [5.41, 5.74) is 6.58. The van der Waals surface area contributed by atoms with Gasteiger partial charge in [0.05, 0.1) is 18.8 Å². The summed E-state index contributed by atoms with van der Waals surface area (Å²) in [7, 11) is 1.71. The molecule has 3 heteroatoms. The number of benzene rings is 2. The molecule has 2 aliphatic rings. The molecule has 0 aromatic heterocycles. The lowest BCUT2D eigenvalue weighted by molar-refractivity contribution is -0.197. The Kier molecular flexibility index (Phi) is 6.43. The van der Waals surface area contributed by atoms with Crippen LogP contribution in [0, 0.1) is 5.41 Å². The number of rotatable bonds is 7. The largest absolute Gasteiger partial charge is 0.376 e. The second kappa shape index (κ2) is 9.05. The zero-order chi connectivity index (χ0) is 21.0. The second-order valence-electron chi connectivity index (χ2n) is 9.06. The Bertz CT molecular complexity index is 888. The van der Waals surface area contributed by atoms with Gasteiger partial charge in [-0.05, 0) is 49.3 Å². The van der Waals surface area contributed by atoms with E-state index in [4.69, 9.17) is 14.2 Å². The number of methoxy groups -OCH3 is 1. The standard InChI is InChI=1S/C27H34O3/c1-21-15-16-27(30-20-28-3)17-24-12-8-7-11-23(24)13-14-25(21)26(27,2)19-29-18-22-9-5-4-6-10-22/h4-12H,13-20H2,1-3H3/t26-,27+/m0/s1. The summed E-state index contributed by atoms with van der Waals surface area (Å²) in [5, 5.41) is 0. The zero-order valence-corrected chi connectivity index (χ0v) is 18.6. The van der Waals surface area contributed by atoms with Crippen molar-refractivity contribution in [2.75, 3.05) is 20.5 Å². The Morgan fingerprint density at radius 1 is 0.900 bits per heavy atom. The summed E-state index contributed by atoms with van der Waals surface area (Å²) in [5.74, 6) is 0. The van der Waals surface area contributed by atoms with Gasteiger partial charge in [0.25, 0.3) is 0 Å². The molecule has 0 heterocycles. The molecule has 4 rings (SSSR count). The normalized spacial score (nSPS) is 26.1. The van der Waals surface area contributed by atoms with E-state index in [2.05, 4.69) is 62.4 Å². The van der Waals surface area contributed by atoms with Gasteiger partial charge in [-0.25, -0.2) is 0 Å². The number of aryl methyl sites for hydroxylation is 1. The van der Waals surface area contributed by atoms with Gasteiger partial charge in [-0.15, -0.1) is 0 Å². The van der Waals surface area contributed by atoms with E-state index in [-0.39, 0.29) is 11.0 Å². The topological polar surface area (TPSA) is 27.7 Å². The molecule has 30 heavy (non-hydrogen) atoms. The van der Waals surface area contributed by atoms with Crippen molar-refractivity contribution in [2.45, 2.75) is 58.2 Å². The number of hydrogen-bond donors (Lipinski definition) is 0. The molecule has 160 valence electrons. The van der Waals surface area contributed by atoms with Crippen LogP contribution >= 0.6 is 0 Å². The maximum atomic E-state index is 6.61.